The second-order valence-electron chi connectivity index (χ2n) is 10.5. The third-order valence-electron chi connectivity index (χ3n) is 8.35. The van der Waals surface area contributed by atoms with Crippen LogP contribution in [0.4, 0.5) is 4.79 Å². The average molecular weight is 477 g/mol. The zero-order chi connectivity index (χ0) is 24.7. The number of likely N-dealkylation sites (tertiary alicyclic amines) is 1. The number of rotatable bonds is 5. The molecule has 0 spiro atoms. The molecule has 1 heterocycles. The summed E-state index contributed by atoms with van der Waals surface area (Å²) in [7, 11) is 0. The Hall–Kier alpha value is -3.35. The van der Waals surface area contributed by atoms with E-state index in [1.54, 1.807) is 11.8 Å². The molecule has 7 heteroatoms. The zero-order valence-electron chi connectivity index (χ0n) is 20.2. The number of hydrogen-bond donors (Lipinski definition) is 2. The summed E-state index contributed by atoms with van der Waals surface area (Å²) < 4.78 is 5.65. The standard InChI is InChI=1S/C28H32N2O5/c1-17-14-30(16-28(17,2)26(32)33)25(31)18-11-12-19(13-18)29-27(34)35-15-24-22-9-5-3-7-20(22)21-8-4-6-10-23(21)24/h3-10,17-19,24H,11-16H2,1-2H3,(H,29,34)(H,32,33). The zero-order valence-corrected chi connectivity index (χ0v) is 20.2. The van der Waals surface area contributed by atoms with Gasteiger partial charge in [0.25, 0.3) is 0 Å². The van der Waals surface area contributed by atoms with E-state index in [1.807, 2.05) is 31.2 Å². The molecule has 4 unspecified atom stereocenters. The quantitative estimate of drug-likeness (QED) is 0.672. The second-order valence-corrected chi connectivity index (χ2v) is 10.5. The normalized spacial score (nSPS) is 27.4. The average Bonchev–Trinajstić information content (AvgIpc) is 3.52. The molecule has 1 aliphatic heterocycles. The van der Waals surface area contributed by atoms with Crippen LogP contribution in [0.25, 0.3) is 11.1 Å². The van der Waals surface area contributed by atoms with Crippen LogP contribution in [0.5, 0.6) is 0 Å². The predicted molar refractivity (Wildman–Crippen MR) is 131 cm³/mol. The first-order valence-corrected chi connectivity index (χ1v) is 12.4. The first kappa shape index (κ1) is 23.4. The molecule has 35 heavy (non-hydrogen) atoms. The Morgan fingerprint density at radius 2 is 1.69 bits per heavy atom. The molecule has 184 valence electrons. The van der Waals surface area contributed by atoms with Gasteiger partial charge in [-0.3, -0.25) is 9.59 Å². The third-order valence-corrected chi connectivity index (χ3v) is 8.35. The molecule has 7 nitrogen and oxygen atoms in total. The molecule has 2 aromatic rings. The maximum Gasteiger partial charge on any atom is 0.407 e. The lowest BCUT2D eigenvalue weighted by molar-refractivity contribution is -0.149. The number of carbonyl (C=O) groups excluding carboxylic acids is 2. The Bertz CT molecular complexity index is 1120. The van der Waals surface area contributed by atoms with Crippen molar-refractivity contribution in [1.82, 2.24) is 10.2 Å². The van der Waals surface area contributed by atoms with Crippen molar-refractivity contribution >= 4 is 18.0 Å². The van der Waals surface area contributed by atoms with Gasteiger partial charge in [-0.2, -0.15) is 0 Å². The number of hydrogen-bond acceptors (Lipinski definition) is 4. The van der Waals surface area contributed by atoms with Gasteiger partial charge in [0.15, 0.2) is 0 Å². The van der Waals surface area contributed by atoms with Crippen LogP contribution in [0, 0.1) is 17.3 Å². The summed E-state index contributed by atoms with van der Waals surface area (Å²) in [6.45, 7) is 4.56. The molecule has 2 aromatic carbocycles. The monoisotopic (exact) mass is 476 g/mol. The summed E-state index contributed by atoms with van der Waals surface area (Å²) >= 11 is 0. The fourth-order valence-corrected chi connectivity index (χ4v) is 6.00. The van der Waals surface area contributed by atoms with E-state index in [-0.39, 0.29) is 42.9 Å². The van der Waals surface area contributed by atoms with E-state index in [1.165, 1.54) is 22.3 Å². The van der Waals surface area contributed by atoms with Crippen LogP contribution in [0.1, 0.15) is 50.2 Å². The van der Waals surface area contributed by atoms with E-state index >= 15 is 0 Å². The topological polar surface area (TPSA) is 95.9 Å². The second kappa shape index (κ2) is 9.02. The number of ether oxygens (including phenoxy) is 1. The van der Waals surface area contributed by atoms with Crippen molar-refractivity contribution in [2.24, 2.45) is 17.3 Å². The first-order chi connectivity index (χ1) is 16.8. The summed E-state index contributed by atoms with van der Waals surface area (Å²) in [4.78, 5) is 39.1. The van der Waals surface area contributed by atoms with Crippen molar-refractivity contribution in [3.05, 3.63) is 59.7 Å². The van der Waals surface area contributed by atoms with Crippen LogP contribution < -0.4 is 5.32 Å². The van der Waals surface area contributed by atoms with Gasteiger partial charge in [0, 0.05) is 31.0 Å². The van der Waals surface area contributed by atoms with Crippen LogP contribution >= 0.6 is 0 Å². The van der Waals surface area contributed by atoms with E-state index in [9.17, 15) is 19.5 Å². The Labute approximate surface area is 205 Å². The minimum atomic E-state index is -0.910. The number of alkyl carbamates (subject to hydrolysis) is 1. The SMILES string of the molecule is CC1CN(C(=O)C2CCC(NC(=O)OCC3c4ccccc4-c4ccccc43)C2)CC1(C)C(=O)O. The van der Waals surface area contributed by atoms with Crippen molar-refractivity contribution in [3.63, 3.8) is 0 Å². The fourth-order valence-electron chi connectivity index (χ4n) is 6.00. The van der Waals surface area contributed by atoms with Crippen molar-refractivity contribution in [1.29, 1.82) is 0 Å². The van der Waals surface area contributed by atoms with Gasteiger partial charge in [0.05, 0.1) is 5.41 Å². The number of carboxylic acids is 1. The summed E-state index contributed by atoms with van der Waals surface area (Å²) in [5.74, 6) is -1.15. The highest BCUT2D eigenvalue weighted by Gasteiger charge is 2.49. The minimum absolute atomic E-state index is 0.00124. The molecule has 1 saturated carbocycles. The van der Waals surface area contributed by atoms with E-state index in [0.717, 1.165) is 0 Å². The van der Waals surface area contributed by atoms with Crippen LogP contribution in [0.3, 0.4) is 0 Å². The van der Waals surface area contributed by atoms with Gasteiger partial charge in [-0.1, -0.05) is 55.5 Å². The Kier molecular flexibility index (Phi) is 6.03. The van der Waals surface area contributed by atoms with Crippen molar-refractivity contribution in [3.8, 4) is 11.1 Å². The lowest BCUT2D eigenvalue weighted by Crippen LogP contribution is -2.39. The van der Waals surface area contributed by atoms with Gasteiger partial charge >= 0.3 is 12.1 Å². The molecule has 2 fully saturated rings. The molecule has 1 saturated heterocycles. The maximum atomic E-state index is 13.1. The smallest absolute Gasteiger partial charge is 0.407 e. The van der Waals surface area contributed by atoms with Crippen LogP contribution in [0.2, 0.25) is 0 Å². The predicted octanol–water partition coefficient (Wildman–Crippen LogP) is 4.26. The van der Waals surface area contributed by atoms with Crippen LogP contribution in [-0.2, 0) is 14.3 Å². The van der Waals surface area contributed by atoms with E-state index in [4.69, 9.17) is 4.74 Å². The number of benzene rings is 2. The molecule has 4 atom stereocenters. The van der Waals surface area contributed by atoms with Gasteiger partial charge in [-0.25, -0.2) is 4.79 Å². The molecular weight excluding hydrogens is 444 g/mol. The van der Waals surface area contributed by atoms with E-state index in [2.05, 4.69) is 29.6 Å². The third kappa shape index (κ3) is 4.17. The van der Waals surface area contributed by atoms with Crippen LogP contribution in [-0.4, -0.2) is 53.7 Å². The molecule has 0 radical (unpaired) electrons. The lowest BCUT2D eigenvalue weighted by Gasteiger charge is -2.23. The highest BCUT2D eigenvalue weighted by Crippen LogP contribution is 2.44. The fraction of sp³-hybridized carbons (Fsp3) is 0.464. The van der Waals surface area contributed by atoms with Crippen molar-refractivity contribution in [2.45, 2.75) is 45.1 Å². The van der Waals surface area contributed by atoms with Gasteiger partial charge in [0.2, 0.25) is 5.91 Å². The number of carboxylic acid groups (broad SMARTS) is 1. The number of amides is 2. The van der Waals surface area contributed by atoms with Crippen LogP contribution in [0.15, 0.2) is 48.5 Å². The summed E-state index contributed by atoms with van der Waals surface area (Å²) in [6.07, 6.45) is 1.48. The summed E-state index contributed by atoms with van der Waals surface area (Å²) in [5.41, 5.74) is 3.80. The molecule has 2 aliphatic carbocycles. The maximum absolute atomic E-state index is 13.1. The number of aliphatic carboxylic acids is 1. The molecule has 2 N–H and O–H groups in total. The Morgan fingerprint density at radius 1 is 1.06 bits per heavy atom. The molecule has 2 amide bonds. The largest absolute Gasteiger partial charge is 0.481 e. The molecule has 5 rings (SSSR count). The highest BCUT2D eigenvalue weighted by atomic mass is 16.5. The summed E-state index contributed by atoms with van der Waals surface area (Å²) in [6, 6.07) is 16.3. The van der Waals surface area contributed by atoms with E-state index < -0.39 is 17.5 Å². The van der Waals surface area contributed by atoms with Crippen molar-refractivity contribution < 1.29 is 24.2 Å². The van der Waals surface area contributed by atoms with E-state index in [0.29, 0.717) is 25.8 Å². The Morgan fingerprint density at radius 3 is 2.29 bits per heavy atom. The van der Waals surface area contributed by atoms with Gasteiger partial charge < -0.3 is 20.1 Å². The minimum Gasteiger partial charge on any atom is -0.481 e. The number of carbonyl (C=O) groups is 3. The van der Waals surface area contributed by atoms with Gasteiger partial charge in [0.1, 0.15) is 6.61 Å². The molecular formula is C28H32N2O5. The van der Waals surface area contributed by atoms with Gasteiger partial charge in [-0.05, 0) is 54.4 Å². The highest BCUT2D eigenvalue weighted by molar-refractivity contribution is 5.83. The molecule has 0 bridgehead atoms. The first-order valence-electron chi connectivity index (χ1n) is 12.4. The summed E-state index contributed by atoms with van der Waals surface area (Å²) in [5, 5.41) is 12.5. The number of nitrogens with zero attached hydrogens (tertiary/aromatic N) is 1. The number of fused-ring (bicyclic) bond motifs is 3. The van der Waals surface area contributed by atoms with Crippen molar-refractivity contribution in [2.75, 3.05) is 19.7 Å². The lowest BCUT2D eigenvalue weighted by atomic mass is 9.81. The number of nitrogens with one attached hydrogen (secondary N) is 1. The molecule has 0 aromatic heterocycles. The Balaban J connectivity index is 1.15. The van der Waals surface area contributed by atoms with Gasteiger partial charge in [-0.15, -0.1) is 0 Å². The molecule has 3 aliphatic rings.